The summed E-state index contributed by atoms with van der Waals surface area (Å²) in [6.07, 6.45) is 1.35. The lowest BCUT2D eigenvalue weighted by Crippen LogP contribution is -2.53. The SMILES string of the molecule is CCNC(=O)C(Cc1ccccc1)N(Cc1cccc(OC)c1)C(=O)CN(c1ccc(C)c(C)c1)S(C)(=O)=O. The van der Waals surface area contributed by atoms with E-state index in [0.717, 1.165) is 32.8 Å². The number of carbonyl (C=O) groups excluding carboxylic acids is 2. The molecular weight excluding hydrogens is 514 g/mol. The van der Waals surface area contributed by atoms with Gasteiger partial charge in [-0.3, -0.25) is 13.9 Å². The maximum absolute atomic E-state index is 14.0. The predicted molar refractivity (Wildman–Crippen MR) is 154 cm³/mol. The van der Waals surface area contributed by atoms with Gasteiger partial charge in [0.05, 0.1) is 19.1 Å². The highest BCUT2D eigenvalue weighted by Crippen LogP contribution is 2.23. The highest BCUT2D eigenvalue weighted by atomic mass is 32.2. The average molecular weight is 552 g/mol. The van der Waals surface area contributed by atoms with Crippen molar-refractivity contribution in [3.63, 3.8) is 0 Å². The summed E-state index contributed by atoms with van der Waals surface area (Å²) < 4.78 is 32.2. The predicted octanol–water partition coefficient (Wildman–Crippen LogP) is 3.85. The second kappa shape index (κ2) is 13.3. The molecule has 0 bridgehead atoms. The first kappa shape index (κ1) is 29.7. The molecule has 3 rings (SSSR count). The van der Waals surface area contributed by atoms with E-state index in [0.29, 0.717) is 18.0 Å². The van der Waals surface area contributed by atoms with Gasteiger partial charge in [-0.2, -0.15) is 0 Å². The number of methoxy groups -OCH3 is 1. The minimum atomic E-state index is -3.81. The number of amides is 2. The van der Waals surface area contributed by atoms with E-state index in [1.165, 1.54) is 4.90 Å². The number of carbonyl (C=O) groups is 2. The number of hydrogen-bond donors (Lipinski definition) is 1. The quantitative estimate of drug-likeness (QED) is 0.369. The van der Waals surface area contributed by atoms with Gasteiger partial charge in [0.1, 0.15) is 18.3 Å². The smallest absolute Gasteiger partial charge is 0.244 e. The zero-order valence-electron chi connectivity index (χ0n) is 23.2. The van der Waals surface area contributed by atoms with Crippen LogP contribution in [-0.4, -0.2) is 57.6 Å². The van der Waals surface area contributed by atoms with Gasteiger partial charge in [-0.05, 0) is 67.3 Å². The molecule has 3 aromatic rings. The monoisotopic (exact) mass is 551 g/mol. The Morgan fingerprint density at radius 1 is 0.923 bits per heavy atom. The molecule has 0 aliphatic heterocycles. The molecule has 0 radical (unpaired) electrons. The normalized spacial score (nSPS) is 11.9. The molecule has 0 fully saturated rings. The van der Waals surface area contributed by atoms with Gasteiger partial charge in [-0.1, -0.05) is 48.5 Å². The van der Waals surface area contributed by atoms with E-state index >= 15 is 0 Å². The van der Waals surface area contributed by atoms with Gasteiger partial charge in [-0.15, -0.1) is 0 Å². The summed E-state index contributed by atoms with van der Waals surface area (Å²) in [5.41, 5.74) is 3.95. The molecule has 208 valence electrons. The van der Waals surface area contributed by atoms with Gasteiger partial charge in [0, 0.05) is 19.5 Å². The van der Waals surface area contributed by atoms with E-state index in [2.05, 4.69) is 5.32 Å². The van der Waals surface area contributed by atoms with Gasteiger partial charge in [0.2, 0.25) is 21.8 Å². The van der Waals surface area contributed by atoms with Crippen LogP contribution in [0, 0.1) is 13.8 Å². The van der Waals surface area contributed by atoms with E-state index in [1.807, 2.05) is 69.3 Å². The number of rotatable bonds is 12. The van der Waals surface area contributed by atoms with Gasteiger partial charge >= 0.3 is 0 Å². The number of anilines is 1. The number of aryl methyl sites for hydroxylation is 2. The van der Waals surface area contributed by atoms with Crippen LogP contribution in [-0.2, 0) is 32.6 Å². The van der Waals surface area contributed by atoms with Gasteiger partial charge < -0.3 is 15.0 Å². The third kappa shape index (κ3) is 8.07. The molecule has 2 amide bonds. The fourth-order valence-electron chi connectivity index (χ4n) is 4.31. The molecule has 9 heteroatoms. The topological polar surface area (TPSA) is 96.0 Å². The van der Waals surface area contributed by atoms with Crippen LogP contribution in [0.15, 0.2) is 72.8 Å². The standard InChI is InChI=1S/C30H37N3O5S/c1-6-31-30(35)28(19-24-11-8-7-9-12-24)32(20-25-13-10-14-27(18-25)38-4)29(34)21-33(39(5,36)37)26-16-15-22(2)23(3)17-26/h7-18,28H,6,19-21H2,1-5H3,(H,31,35). The van der Waals surface area contributed by atoms with Crippen molar-refractivity contribution in [3.8, 4) is 5.75 Å². The summed E-state index contributed by atoms with van der Waals surface area (Å²) in [7, 11) is -2.25. The molecule has 0 heterocycles. The molecule has 0 saturated heterocycles. The molecule has 8 nitrogen and oxygen atoms in total. The molecule has 1 atom stereocenters. The minimum absolute atomic E-state index is 0.0925. The van der Waals surface area contributed by atoms with E-state index in [-0.39, 0.29) is 18.9 Å². The Morgan fingerprint density at radius 3 is 2.23 bits per heavy atom. The van der Waals surface area contributed by atoms with Crippen LogP contribution in [0.1, 0.15) is 29.2 Å². The number of sulfonamides is 1. The van der Waals surface area contributed by atoms with Crippen LogP contribution >= 0.6 is 0 Å². The molecule has 1 N–H and O–H groups in total. The molecule has 1 unspecified atom stereocenters. The molecule has 3 aromatic carbocycles. The first-order valence-corrected chi connectivity index (χ1v) is 14.7. The maximum Gasteiger partial charge on any atom is 0.244 e. The Labute approximate surface area is 231 Å². The van der Waals surface area contributed by atoms with E-state index in [4.69, 9.17) is 4.74 Å². The van der Waals surface area contributed by atoms with Crippen LogP contribution in [0.3, 0.4) is 0 Å². The first-order valence-electron chi connectivity index (χ1n) is 12.8. The Bertz CT molecular complexity index is 1390. The van der Waals surface area contributed by atoms with Crippen LogP contribution in [0.2, 0.25) is 0 Å². The summed E-state index contributed by atoms with van der Waals surface area (Å²) in [4.78, 5) is 28.9. The Hall–Kier alpha value is -3.85. The maximum atomic E-state index is 14.0. The Balaban J connectivity index is 2.06. The lowest BCUT2D eigenvalue weighted by molar-refractivity contribution is -0.140. The molecule has 0 aliphatic carbocycles. The van der Waals surface area contributed by atoms with Gasteiger partial charge in [0.25, 0.3) is 0 Å². The summed E-state index contributed by atoms with van der Waals surface area (Å²) in [6.45, 7) is 5.68. The molecule has 0 aromatic heterocycles. The van der Waals surface area contributed by atoms with E-state index in [1.54, 1.807) is 31.4 Å². The zero-order chi connectivity index (χ0) is 28.6. The van der Waals surface area contributed by atoms with Crippen LogP contribution in [0.5, 0.6) is 5.75 Å². The highest BCUT2D eigenvalue weighted by molar-refractivity contribution is 7.92. The van der Waals surface area contributed by atoms with Crippen molar-refractivity contribution < 1.29 is 22.7 Å². The number of likely N-dealkylation sites (N-methyl/N-ethyl adjacent to an activating group) is 1. The van der Waals surface area contributed by atoms with Crippen molar-refractivity contribution in [2.24, 2.45) is 0 Å². The Kier molecular flexibility index (Phi) is 10.1. The van der Waals surface area contributed by atoms with Crippen molar-refractivity contribution in [3.05, 3.63) is 95.1 Å². The van der Waals surface area contributed by atoms with Crippen LogP contribution < -0.4 is 14.4 Å². The minimum Gasteiger partial charge on any atom is -0.497 e. The van der Waals surface area contributed by atoms with Crippen molar-refractivity contribution in [2.75, 3.05) is 30.8 Å². The fraction of sp³-hybridized carbons (Fsp3) is 0.333. The van der Waals surface area contributed by atoms with Crippen molar-refractivity contribution in [1.82, 2.24) is 10.2 Å². The second-order valence-electron chi connectivity index (χ2n) is 9.51. The molecule has 0 aliphatic rings. The average Bonchev–Trinajstić information content (AvgIpc) is 2.91. The Morgan fingerprint density at radius 2 is 1.62 bits per heavy atom. The third-order valence-corrected chi connectivity index (χ3v) is 7.71. The van der Waals surface area contributed by atoms with Gasteiger partial charge in [-0.25, -0.2) is 8.42 Å². The van der Waals surface area contributed by atoms with Gasteiger partial charge in [0.15, 0.2) is 0 Å². The number of hydrogen-bond acceptors (Lipinski definition) is 5. The second-order valence-corrected chi connectivity index (χ2v) is 11.4. The molecule has 39 heavy (non-hydrogen) atoms. The summed E-state index contributed by atoms with van der Waals surface area (Å²) in [6, 6.07) is 21.1. The highest BCUT2D eigenvalue weighted by Gasteiger charge is 2.33. The molecular formula is C30H37N3O5S. The lowest BCUT2D eigenvalue weighted by Gasteiger charge is -2.33. The molecule has 0 saturated carbocycles. The summed E-state index contributed by atoms with van der Waals surface area (Å²) in [5.74, 6) is -0.186. The lowest BCUT2D eigenvalue weighted by atomic mass is 10.0. The van der Waals surface area contributed by atoms with Crippen LogP contribution in [0.25, 0.3) is 0 Å². The molecule has 0 spiro atoms. The largest absolute Gasteiger partial charge is 0.497 e. The van der Waals surface area contributed by atoms with E-state index < -0.39 is 28.5 Å². The summed E-state index contributed by atoms with van der Waals surface area (Å²) in [5, 5.41) is 2.85. The van der Waals surface area contributed by atoms with Crippen molar-refractivity contribution in [2.45, 2.75) is 39.8 Å². The number of nitrogens with zero attached hydrogens (tertiary/aromatic N) is 2. The van der Waals surface area contributed by atoms with Crippen molar-refractivity contribution >= 4 is 27.5 Å². The number of nitrogens with one attached hydrogen (secondary N) is 1. The van der Waals surface area contributed by atoms with Crippen LogP contribution in [0.4, 0.5) is 5.69 Å². The zero-order valence-corrected chi connectivity index (χ0v) is 24.0. The number of ether oxygens (including phenoxy) is 1. The fourth-order valence-corrected chi connectivity index (χ4v) is 5.15. The first-order chi connectivity index (χ1) is 18.5. The third-order valence-electron chi connectivity index (χ3n) is 6.57. The van der Waals surface area contributed by atoms with E-state index in [9.17, 15) is 18.0 Å². The number of benzene rings is 3. The van der Waals surface area contributed by atoms with Crippen molar-refractivity contribution in [1.29, 1.82) is 0 Å². The summed E-state index contributed by atoms with van der Waals surface area (Å²) >= 11 is 0.